The maximum atomic E-state index is 13.1. The van der Waals surface area contributed by atoms with E-state index in [4.69, 9.17) is 4.74 Å². The van der Waals surface area contributed by atoms with Crippen LogP contribution in [0.15, 0.2) is 36.4 Å². The van der Waals surface area contributed by atoms with Crippen molar-refractivity contribution in [2.24, 2.45) is 0 Å². The Kier molecular flexibility index (Phi) is 3.07. The molecule has 2 nitrogen and oxygen atoms in total. The van der Waals surface area contributed by atoms with Crippen molar-refractivity contribution in [3.05, 3.63) is 59.2 Å². The Bertz CT molecular complexity index is 613. The molecule has 98 valence electrons. The molecule has 0 radical (unpaired) electrons. The Morgan fingerprint density at radius 3 is 2.79 bits per heavy atom. The van der Waals surface area contributed by atoms with E-state index < -0.39 is 11.6 Å². The molecule has 0 aromatic heterocycles. The highest BCUT2D eigenvalue weighted by Crippen LogP contribution is 2.26. The van der Waals surface area contributed by atoms with Crippen LogP contribution in [0.3, 0.4) is 0 Å². The Hall–Kier alpha value is -2.10. The summed E-state index contributed by atoms with van der Waals surface area (Å²) in [5, 5.41) is 3.07. The van der Waals surface area contributed by atoms with Gasteiger partial charge in [0.15, 0.2) is 11.6 Å². The van der Waals surface area contributed by atoms with E-state index in [-0.39, 0.29) is 0 Å². The first-order chi connectivity index (χ1) is 9.22. The zero-order valence-electron chi connectivity index (χ0n) is 10.2. The van der Waals surface area contributed by atoms with Gasteiger partial charge in [0.2, 0.25) is 0 Å². The molecule has 2 aromatic rings. The third-order valence-electron chi connectivity index (χ3n) is 3.17. The van der Waals surface area contributed by atoms with Crippen LogP contribution < -0.4 is 10.1 Å². The van der Waals surface area contributed by atoms with Gasteiger partial charge in [-0.1, -0.05) is 12.1 Å². The molecule has 1 N–H and O–H groups in total. The van der Waals surface area contributed by atoms with E-state index in [9.17, 15) is 8.78 Å². The normalized spacial score (nSPS) is 12.9. The molecule has 0 atom stereocenters. The van der Waals surface area contributed by atoms with E-state index in [2.05, 4.69) is 11.4 Å². The van der Waals surface area contributed by atoms with Crippen LogP contribution in [0.5, 0.6) is 5.75 Å². The summed E-state index contributed by atoms with van der Waals surface area (Å²) in [6.07, 6.45) is 0.925. The summed E-state index contributed by atoms with van der Waals surface area (Å²) in [5.41, 5.74) is 2.86. The molecule has 3 rings (SSSR count). The van der Waals surface area contributed by atoms with E-state index in [1.54, 1.807) is 0 Å². The molecular weight excluding hydrogens is 248 g/mol. The second-order valence-electron chi connectivity index (χ2n) is 4.52. The number of ether oxygens (including phenoxy) is 1. The fraction of sp³-hybridized carbons (Fsp3) is 0.200. The molecule has 4 heteroatoms. The number of rotatable bonds is 3. The number of halogens is 2. The number of nitrogens with one attached hydrogen (secondary N) is 1. The van der Waals surface area contributed by atoms with Crippen LogP contribution >= 0.6 is 0 Å². The number of hydrogen-bond acceptors (Lipinski definition) is 2. The average Bonchev–Trinajstić information content (AvgIpc) is 2.87. The zero-order valence-corrected chi connectivity index (χ0v) is 10.2. The maximum absolute atomic E-state index is 13.1. The third kappa shape index (κ3) is 2.52. The van der Waals surface area contributed by atoms with Crippen molar-refractivity contribution >= 4 is 5.69 Å². The Labute approximate surface area is 110 Å². The predicted octanol–water partition coefficient (Wildman–Crippen LogP) is 3.51. The van der Waals surface area contributed by atoms with Crippen molar-refractivity contribution in [2.45, 2.75) is 13.0 Å². The molecule has 1 aliphatic heterocycles. The number of fused-ring (bicyclic) bond motifs is 1. The molecule has 2 aromatic carbocycles. The molecule has 0 saturated heterocycles. The van der Waals surface area contributed by atoms with Crippen LogP contribution in [0.25, 0.3) is 0 Å². The quantitative estimate of drug-likeness (QED) is 0.912. The molecule has 0 saturated carbocycles. The van der Waals surface area contributed by atoms with E-state index in [0.29, 0.717) is 12.2 Å². The fourth-order valence-corrected chi connectivity index (χ4v) is 2.16. The Morgan fingerprint density at radius 2 is 1.95 bits per heavy atom. The molecule has 0 bridgehead atoms. The lowest BCUT2D eigenvalue weighted by molar-refractivity contribution is 0.357. The molecule has 0 unspecified atom stereocenters. The first-order valence-corrected chi connectivity index (χ1v) is 6.16. The smallest absolute Gasteiger partial charge is 0.160 e. The summed E-state index contributed by atoms with van der Waals surface area (Å²) in [6, 6.07) is 9.80. The van der Waals surface area contributed by atoms with Gasteiger partial charge in [-0.25, -0.2) is 8.78 Å². The van der Waals surface area contributed by atoms with Crippen LogP contribution in [0, 0.1) is 11.6 Å². The molecule has 0 amide bonds. The Balaban J connectivity index is 1.70. The van der Waals surface area contributed by atoms with Crippen molar-refractivity contribution in [1.29, 1.82) is 0 Å². The van der Waals surface area contributed by atoms with Crippen LogP contribution in [0.4, 0.5) is 14.5 Å². The third-order valence-corrected chi connectivity index (χ3v) is 3.17. The highest BCUT2D eigenvalue weighted by molar-refractivity contribution is 5.45. The standard InChI is InChI=1S/C15H13F2NO/c16-13-3-2-12(8-14(13)17)18-9-10-1-4-15-11(7-10)5-6-19-15/h1-4,7-8,18H,5-6,9H2. The summed E-state index contributed by atoms with van der Waals surface area (Å²) >= 11 is 0. The predicted molar refractivity (Wildman–Crippen MR) is 69.3 cm³/mol. The lowest BCUT2D eigenvalue weighted by Gasteiger charge is -2.08. The van der Waals surface area contributed by atoms with Crippen LogP contribution in [0.2, 0.25) is 0 Å². The van der Waals surface area contributed by atoms with Gasteiger partial charge in [-0.2, -0.15) is 0 Å². The van der Waals surface area contributed by atoms with Gasteiger partial charge in [0.05, 0.1) is 6.61 Å². The van der Waals surface area contributed by atoms with Gasteiger partial charge >= 0.3 is 0 Å². The number of benzene rings is 2. The summed E-state index contributed by atoms with van der Waals surface area (Å²) in [6.45, 7) is 1.30. The van der Waals surface area contributed by atoms with Gasteiger partial charge in [-0.05, 0) is 29.3 Å². The van der Waals surface area contributed by atoms with E-state index in [1.807, 2.05) is 12.1 Å². The molecule has 1 heterocycles. The minimum Gasteiger partial charge on any atom is -0.493 e. The van der Waals surface area contributed by atoms with Gasteiger partial charge in [-0.15, -0.1) is 0 Å². The lowest BCUT2D eigenvalue weighted by Crippen LogP contribution is -2.00. The monoisotopic (exact) mass is 261 g/mol. The topological polar surface area (TPSA) is 21.3 Å². The van der Waals surface area contributed by atoms with Gasteiger partial charge in [0.1, 0.15) is 5.75 Å². The highest BCUT2D eigenvalue weighted by Gasteiger charge is 2.11. The highest BCUT2D eigenvalue weighted by atomic mass is 19.2. The molecule has 0 aliphatic carbocycles. The van der Waals surface area contributed by atoms with Crippen molar-refractivity contribution < 1.29 is 13.5 Å². The second-order valence-corrected chi connectivity index (χ2v) is 4.52. The molecule has 19 heavy (non-hydrogen) atoms. The summed E-state index contributed by atoms with van der Waals surface area (Å²) in [4.78, 5) is 0. The second kappa shape index (κ2) is 4.88. The van der Waals surface area contributed by atoms with Gasteiger partial charge in [-0.3, -0.25) is 0 Å². The molecular formula is C15H13F2NO. The average molecular weight is 261 g/mol. The number of anilines is 1. The maximum Gasteiger partial charge on any atom is 0.160 e. The largest absolute Gasteiger partial charge is 0.493 e. The molecule has 1 aliphatic rings. The first kappa shape index (κ1) is 12.0. The SMILES string of the molecule is Fc1ccc(NCc2ccc3c(c2)CCO3)cc1F. The summed E-state index contributed by atoms with van der Waals surface area (Å²) in [7, 11) is 0. The minimum atomic E-state index is -0.840. The van der Waals surface area contributed by atoms with Gasteiger partial charge in [0, 0.05) is 24.7 Å². The zero-order chi connectivity index (χ0) is 13.2. The van der Waals surface area contributed by atoms with Crippen LogP contribution in [0.1, 0.15) is 11.1 Å². The van der Waals surface area contributed by atoms with Crippen molar-refractivity contribution in [2.75, 3.05) is 11.9 Å². The first-order valence-electron chi connectivity index (χ1n) is 6.16. The summed E-state index contributed by atoms with van der Waals surface area (Å²) in [5.74, 6) is -0.732. The van der Waals surface area contributed by atoms with Crippen molar-refractivity contribution in [1.82, 2.24) is 0 Å². The minimum absolute atomic E-state index is 0.565. The van der Waals surface area contributed by atoms with Crippen molar-refractivity contribution in [3.63, 3.8) is 0 Å². The van der Waals surface area contributed by atoms with Crippen LogP contribution in [-0.2, 0) is 13.0 Å². The molecule has 0 fully saturated rings. The Morgan fingerprint density at radius 1 is 1.05 bits per heavy atom. The number of hydrogen-bond donors (Lipinski definition) is 1. The van der Waals surface area contributed by atoms with E-state index in [0.717, 1.165) is 36.5 Å². The molecule has 0 spiro atoms. The van der Waals surface area contributed by atoms with Gasteiger partial charge in [0.25, 0.3) is 0 Å². The van der Waals surface area contributed by atoms with E-state index in [1.165, 1.54) is 11.6 Å². The van der Waals surface area contributed by atoms with Crippen LogP contribution in [-0.4, -0.2) is 6.61 Å². The van der Waals surface area contributed by atoms with E-state index >= 15 is 0 Å². The van der Waals surface area contributed by atoms with Gasteiger partial charge < -0.3 is 10.1 Å². The summed E-state index contributed by atoms with van der Waals surface area (Å²) < 4.78 is 31.3. The van der Waals surface area contributed by atoms with Crippen molar-refractivity contribution in [3.8, 4) is 5.75 Å². The lowest BCUT2D eigenvalue weighted by atomic mass is 10.1. The fourth-order valence-electron chi connectivity index (χ4n) is 2.16.